The molecule has 2 aromatic carbocycles. The van der Waals surface area contributed by atoms with Gasteiger partial charge in [0.2, 0.25) is 11.8 Å². The lowest BCUT2D eigenvalue weighted by Gasteiger charge is -2.55. The number of benzene rings is 2. The average Bonchev–Trinajstić information content (AvgIpc) is 2.79. The highest BCUT2D eigenvalue weighted by Crippen LogP contribution is 2.51. The topological polar surface area (TPSA) is 95.9 Å². The van der Waals surface area contributed by atoms with Gasteiger partial charge in [-0.1, -0.05) is 42.5 Å². The molecule has 2 N–H and O–H groups in total. The fourth-order valence-electron chi connectivity index (χ4n) is 4.17. The monoisotopic (exact) mass is 486 g/mol. The number of hydrogen-bond acceptors (Lipinski definition) is 5. The van der Waals surface area contributed by atoms with Gasteiger partial charge in [0.15, 0.2) is 4.99 Å². The second-order valence-corrected chi connectivity index (χ2v) is 9.62. The van der Waals surface area contributed by atoms with E-state index in [9.17, 15) is 19.5 Å². The predicted octanol–water partition coefficient (Wildman–Crippen LogP) is 3.18. The number of amides is 2. The first-order valence-electron chi connectivity index (χ1n) is 10.4. The number of carbonyl (C=O) groups is 3. The minimum atomic E-state index is -1.24. The number of alkyl halides is 1. The van der Waals surface area contributed by atoms with Crippen LogP contribution in [0.25, 0.3) is 0 Å². The minimum absolute atomic E-state index is 0.0175. The highest BCUT2D eigenvalue weighted by Gasteiger charge is 2.60. The van der Waals surface area contributed by atoms with Crippen LogP contribution in [0.1, 0.15) is 17.5 Å². The summed E-state index contributed by atoms with van der Waals surface area (Å²) in [5.74, 6) is -1.19. The lowest BCUT2D eigenvalue weighted by atomic mass is 9.98. The molecular weight excluding hydrogens is 464 g/mol. The zero-order chi connectivity index (χ0) is 23.6. The van der Waals surface area contributed by atoms with Crippen LogP contribution in [-0.2, 0) is 27.2 Å². The van der Waals surface area contributed by atoms with Gasteiger partial charge in [0.1, 0.15) is 11.4 Å². The van der Waals surface area contributed by atoms with E-state index in [-0.39, 0.29) is 41.5 Å². The number of fused-ring (bicyclic) bond motifs is 1. The maximum atomic E-state index is 12.9. The van der Waals surface area contributed by atoms with E-state index < -0.39 is 11.0 Å². The largest absolute Gasteiger partial charge is 0.497 e. The molecule has 0 saturated carbocycles. The van der Waals surface area contributed by atoms with Gasteiger partial charge in [0.05, 0.1) is 20.0 Å². The number of β-lactam (4-membered cyclic amide) rings is 1. The summed E-state index contributed by atoms with van der Waals surface area (Å²) in [6, 6.07) is 16.7. The highest BCUT2D eigenvalue weighted by molar-refractivity contribution is 8.01. The van der Waals surface area contributed by atoms with Gasteiger partial charge in [-0.15, -0.1) is 23.4 Å². The summed E-state index contributed by atoms with van der Waals surface area (Å²) in [4.78, 5) is 37.6. The number of hydrogen-bond donors (Lipinski definition) is 2. The van der Waals surface area contributed by atoms with Crippen LogP contribution in [0, 0.1) is 0 Å². The Hall–Kier alpha value is -2.97. The molecule has 2 heterocycles. The molecule has 2 amide bonds. The third kappa shape index (κ3) is 4.58. The molecule has 0 bridgehead atoms. The van der Waals surface area contributed by atoms with E-state index >= 15 is 0 Å². The Kier molecular flexibility index (Phi) is 6.67. The van der Waals surface area contributed by atoms with Crippen molar-refractivity contribution in [1.29, 1.82) is 0 Å². The van der Waals surface area contributed by atoms with Crippen LogP contribution in [0.15, 0.2) is 65.9 Å². The predicted molar refractivity (Wildman–Crippen MR) is 126 cm³/mol. The molecule has 0 radical (unpaired) electrons. The Labute approximate surface area is 200 Å². The van der Waals surface area contributed by atoms with Crippen LogP contribution in [0.5, 0.6) is 5.75 Å². The quantitative estimate of drug-likeness (QED) is 0.439. The van der Waals surface area contributed by atoms with Crippen LogP contribution >= 0.6 is 23.4 Å². The Morgan fingerprint density at radius 1 is 1.18 bits per heavy atom. The number of rotatable bonds is 8. The van der Waals surface area contributed by atoms with Gasteiger partial charge in [-0.05, 0) is 35.3 Å². The van der Waals surface area contributed by atoms with Crippen LogP contribution < -0.4 is 10.1 Å². The molecule has 4 rings (SSSR count). The number of nitrogens with one attached hydrogen (secondary N) is 1. The zero-order valence-corrected chi connectivity index (χ0v) is 19.5. The third-order valence-corrected chi connectivity index (χ3v) is 7.57. The molecule has 9 heteroatoms. The van der Waals surface area contributed by atoms with E-state index in [1.54, 1.807) is 7.11 Å². The fourth-order valence-corrected chi connectivity index (χ4v) is 6.34. The van der Waals surface area contributed by atoms with Crippen molar-refractivity contribution in [2.75, 3.05) is 13.0 Å². The van der Waals surface area contributed by atoms with Crippen LogP contribution in [0.2, 0.25) is 0 Å². The molecule has 2 aliphatic heterocycles. The molecule has 2 aromatic rings. The maximum absolute atomic E-state index is 12.9. The number of thioether (sulfide) groups is 1. The van der Waals surface area contributed by atoms with E-state index in [0.29, 0.717) is 12.0 Å². The van der Waals surface area contributed by atoms with Gasteiger partial charge in [-0.3, -0.25) is 14.5 Å². The molecule has 0 aliphatic carbocycles. The summed E-state index contributed by atoms with van der Waals surface area (Å²) >= 11 is 7.56. The molecule has 1 unspecified atom stereocenters. The summed E-state index contributed by atoms with van der Waals surface area (Å²) in [6.45, 7) is 0. The van der Waals surface area contributed by atoms with Gasteiger partial charge >= 0.3 is 5.97 Å². The van der Waals surface area contributed by atoms with Crippen LogP contribution in [0.4, 0.5) is 0 Å². The Morgan fingerprint density at radius 2 is 1.88 bits per heavy atom. The molecule has 2 aliphatic rings. The molecule has 7 nitrogen and oxygen atoms in total. The summed E-state index contributed by atoms with van der Waals surface area (Å²) in [6.07, 6.45) is 0.637. The maximum Gasteiger partial charge on any atom is 0.352 e. The molecule has 2 atom stereocenters. The normalized spacial score (nSPS) is 21.8. The lowest BCUT2D eigenvalue weighted by molar-refractivity contribution is -0.154. The van der Waals surface area contributed by atoms with E-state index in [1.165, 1.54) is 16.7 Å². The molecule has 0 spiro atoms. The first-order valence-corrected chi connectivity index (χ1v) is 11.8. The Balaban J connectivity index is 1.64. The second-order valence-electron chi connectivity index (χ2n) is 7.87. The third-order valence-electron chi connectivity index (χ3n) is 5.72. The van der Waals surface area contributed by atoms with Crippen molar-refractivity contribution in [1.82, 2.24) is 10.2 Å². The summed E-state index contributed by atoms with van der Waals surface area (Å²) in [7, 11) is 1.59. The van der Waals surface area contributed by atoms with Crippen LogP contribution in [0.3, 0.4) is 0 Å². The Morgan fingerprint density at radius 3 is 2.45 bits per heavy atom. The zero-order valence-electron chi connectivity index (χ0n) is 17.9. The van der Waals surface area contributed by atoms with Crippen molar-refractivity contribution in [3.63, 3.8) is 0 Å². The number of carboxylic acid groups (broad SMARTS) is 1. The molecule has 1 saturated heterocycles. The van der Waals surface area contributed by atoms with Gasteiger partial charge in [-0.25, -0.2) is 4.79 Å². The molecule has 1 fully saturated rings. The van der Waals surface area contributed by atoms with Crippen molar-refractivity contribution >= 4 is 41.1 Å². The van der Waals surface area contributed by atoms with Crippen molar-refractivity contribution in [2.24, 2.45) is 0 Å². The molecule has 172 valence electrons. The van der Waals surface area contributed by atoms with Crippen molar-refractivity contribution in [3.05, 3.63) is 77.0 Å². The summed E-state index contributed by atoms with van der Waals surface area (Å²) < 4.78 is 5.21. The summed E-state index contributed by atoms with van der Waals surface area (Å²) in [5, 5.41) is 12.6. The lowest BCUT2D eigenvalue weighted by Crippen LogP contribution is -2.72. The number of carboxylic acids is 1. The minimum Gasteiger partial charge on any atom is -0.497 e. The van der Waals surface area contributed by atoms with Crippen molar-refractivity contribution in [2.45, 2.75) is 29.5 Å². The number of carbonyl (C=O) groups excluding carboxylic acids is 2. The van der Waals surface area contributed by atoms with Gasteiger partial charge in [0.25, 0.3) is 0 Å². The first-order chi connectivity index (χ1) is 15.9. The number of halogens is 1. The highest BCUT2D eigenvalue weighted by atomic mass is 35.5. The van der Waals surface area contributed by atoms with Gasteiger partial charge in [0, 0.05) is 11.1 Å². The standard InChI is InChI=1S/C24H23ClN2O5S/c1-32-17-9-7-16(8-10-17)11-19-18(14-25)22(23(30)31)27-21(29)13-24(27,33-19)26-20(28)12-15-5-3-2-4-6-15/h2-10,19H,11-14H2,1H3,(H,26,28)(H,30,31)/t19?,24-/m0/s1. The van der Waals surface area contributed by atoms with Crippen molar-refractivity contribution in [3.8, 4) is 5.75 Å². The van der Waals surface area contributed by atoms with Crippen molar-refractivity contribution < 1.29 is 24.2 Å². The number of aliphatic carboxylic acids is 1. The summed E-state index contributed by atoms with van der Waals surface area (Å²) in [5.41, 5.74) is 2.12. The number of methoxy groups -OCH3 is 1. The smallest absolute Gasteiger partial charge is 0.352 e. The number of ether oxygens (including phenoxy) is 1. The van der Waals surface area contributed by atoms with Crippen LogP contribution in [-0.4, -0.2) is 51.0 Å². The molecule has 0 aromatic heterocycles. The Bertz CT molecular complexity index is 1110. The average molecular weight is 487 g/mol. The van der Waals surface area contributed by atoms with E-state index in [4.69, 9.17) is 16.3 Å². The van der Waals surface area contributed by atoms with Gasteiger partial charge < -0.3 is 15.2 Å². The first kappa shape index (κ1) is 23.2. The van der Waals surface area contributed by atoms with E-state index in [0.717, 1.165) is 16.9 Å². The second kappa shape index (κ2) is 9.49. The number of nitrogens with zero attached hydrogens (tertiary/aromatic N) is 1. The molecular formula is C24H23ClN2O5S. The van der Waals surface area contributed by atoms with E-state index in [2.05, 4.69) is 5.32 Å². The van der Waals surface area contributed by atoms with E-state index in [1.807, 2.05) is 54.6 Å². The fraction of sp³-hybridized carbons (Fsp3) is 0.292. The van der Waals surface area contributed by atoms with Gasteiger partial charge in [-0.2, -0.15) is 0 Å². The molecule has 33 heavy (non-hydrogen) atoms. The SMILES string of the molecule is COc1ccc(CC2S[C@]3(NC(=O)Cc4ccccc4)CC(=O)N3C(C(=O)O)=C2CCl)cc1.